The van der Waals surface area contributed by atoms with E-state index in [0.29, 0.717) is 11.4 Å². The number of carbonyl (C=O) groups excluding carboxylic acids is 2. The van der Waals surface area contributed by atoms with Crippen molar-refractivity contribution in [1.29, 1.82) is 5.26 Å². The number of aromatic nitrogens is 1. The van der Waals surface area contributed by atoms with E-state index >= 15 is 0 Å². The lowest BCUT2D eigenvalue weighted by Gasteiger charge is -2.11. The molecule has 0 unspecified atom stereocenters. The number of halogens is 1. The van der Waals surface area contributed by atoms with Gasteiger partial charge in [0.2, 0.25) is 5.91 Å². The predicted octanol–water partition coefficient (Wildman–Crippen LogP) is 2.84. The summed E-state index contributed by atoms with van der Waals surface area (Å²) in [6.45, 7) is 0. The number of hydrogen-bond donors (Lipinski definition) is 2. The Morgan fingerprint density at radius 3 is 2.45 bits per heavy atom. The summed E-state index contributed by atoms with van der Waals surface area (Å²) in [5.74, 6) is -0.899. The molecule has 0 saturated carbocycles. The summed E-state index contributed by atoms with van der Waals surface area (Å²) in [5.41, 5.74) is 1.03. The average Bonchev–Trinajstić information content (AvgIpc) is 2.50. The van der Waals surface area contributed by atoms with E-state index in [1.54, 1.807) is 42.5 Å². The third-order valence-corrected chi connectivity index (χ3v) is 2.99. The lowest BCUT2D eigenvalue weighted by Crippen LogP contribution is -2.16. The lowest BCUT2D eigenvalue weighted by atomic mass is 10.2. The number of nitrogens with one attached hydrogen (secondary N) is 2. The SMILES string of the molecule is N#CCC(=O)Nc1ccccc1NC(=O)c1cccnc1Cl. The van der Waals surface area contributed by atoms with Crippen LogP contribution in [0, 0.1) is 11.3 Å². The van der Waals surface area contributed by atoms with Crippen molar-refractivity contribution < 1.29 is 9.59 Å². The molecule has 110 valence electrons. The van der Waals surface area contributed by atoms with Gasteiger partial charge in [-0.1, -0.05) is 23.7 Å². The molecule has 1 heterocycles. The second-order valence-electron chi connectivity index (χ2n) is 4.22. The van der Waals surface area contributed by atoms with Crippen molar-refractivity contribution in [2.75, 3.05) is 10.6 Å². The van der Waals surface area contributed by atoms with E-state index < -0.39 is 11.8 Å². The molecule has 0 aliphatic heterocycles. The number of nitriles is 1. The predicted molar refractivity (Wildman–Crippen MR) is 82.5 cm³/mol. The van der Waals surface area contributed by atoms with Gasteiger partial charge in [0.15, 0.2) is 0 Å². The van der Waals surface area contributed by atoms with Gasteiger partial charge in [-0.2, -0.15) is 5.26 Å². The Bertz CT molecular complexity index is 755. The van der Waals surface area contributed by atoms with Gasteiger partial charge in [-0.05, 0) is 24.3 Å². The smallest absolute Gasteiger partial charge is 0.258 e. The van der Waals surface area contributed by atoms with Crippen molar-refractivity contribution in [3.05, 3.63) is 53.3 Å². The van der Waals surface area contributed by atoms with Crippen molar-refractivity contribution >= 4 is 34.8 Å². The normalized spacial score (nSPS) is 9.64. The monoisotopic (exact) mass is 314 g/mol. The molecule has 0 aliphatic rings. The fraction of sp³-hybridized carbons (Fsp3) is 0.0667. The number of rotatable bonds is 4. The Morgan fingerprint density at radius 1 is 1.14 bits per heavy atom. The molecular weight excluding hydrogens is 304 g/mol. The zero-order valence-electron chi connectivity index (χ0n) is 11.3. The maximum atomic E-state index is 12.2. The summed E-state index contributed by atoms with van der Waals surface area (Å²) in [4.78, 5) is 27.5. The van der Waals surface area contributed by atoms with E-state index in [2.05, 4.69) is 15.6 Å². The maximum absolute atomic E-state index is 12.2. The molecule has 7 heteroatoms. The van der Waals surface area contributed by atoms with E-state index in [1.807, 2.05) is 0 Å². The third-order valence-electron chi connectivity index (χ3n) is 2.69. The Balaban J connectivity index is 2.20. The van der Waals surface area contributed by atoms with Gasteiger partial charge in [0.1, 0.15) is 11.6 Å². The summed E-state index contributed by atoms with van der Waals surface area (Å²) < 4.78 is 0. The van der Waals surface area contributed by atoms with Gasteiger partial charge in [0.25, 0.3) is 5.91 Å². The van der Waals surface area contributed by atoms with Crippen LogP contribution in [0.5, 0.6) is 0 Å². The van der Waals surface area contributed by atoms with Gasteiger partial charge in [-0.25, -0.2) is 4.98 Å². The summed E-state index contributed by atoms with van der Waals surface area (Å²) in [7, 11) is 0. The number of pyridine rings is 1. The highest BCUT2D eigenvalue weighted by molar-refractivity contribution is 6.33. The molecule has 2 aromatic rings. The standard InChI is InChI=1S/C15H11ClN4O2/c16-14-10(4-3-9-18-14)15(22)20-12-6-2-1-5-11(12)19-13(21)7-8-17/h1-6,9H,7H2,(H,19,21)(H,20,22). The highest BCUT2D eigenvalue weighted by Gasteiger charge is 2.13. The van der Waals surface area contributed by atoms with Crippen LogP contribution < -0.4 is 10.6 Å². The molecule has 0 atom stereocenters. The van der Waals surface area contributed by atoms with Crippen LogP contribution in [-0.4, -0.2) is 16.8 Å². The first-order chi connectivity index (χ1) is 10.6. The summed E-state index contributed by atoms with van der Waals surface area (Å²) >= 11 is 5.87. The van der Waals surface area contributed by atoms with Crippen LogP contribution >= 0.6 is 11.6 Å². The van der Waals surface area contributed by atoms with E-state index in [1.165, 1.54) is 6.20 Å². The van der Waals surface area contributed by atoms with Crippen LogP contribution in [0.3, 0.4) is 0 Å². The minimum atomic E-state index is -0.455. The number of para-hydroxylation sites is 2. The topological polar surface area (TPSA) is 94.9 Å². The minimum absolute atomic E-state index is 0.0889. The molecule has 2 amide bonds. The molecule has 0 spiro atoms. The molecule has 0 radical (unpaired) electrons. The van der Waals surface area contributed by atoms with Crippen LogP contribution in [0.15, 0.2) is 42.6 Å². The third kappa shape index (κ3) is 3.81. The average molecular weight is 315 g/mol. The van der Waals surface area contributed by atoms with Crippen molar-refractivity contribution in [3.8, 4) is 6.07 Å². The first-order valence-corrected chi connectivity index (χ1v) is 6.67. The van der Waals surface area contributed by atoms with Crippen LogP contribution in [0.25, 0.3) is 0 Å². The summed E-state index contributed by atoms with van der Waals surface area (Å²) in [5, 5.41) is 13.8. The quantitative estimate of drug-likeness (QED) is 0.848. The fourth-order valence-corrected chi connectivity index (χ4v) is 1.92. The first-order valence-electron chi connectivity index (χ1n) is 6.29. The zero-order chi connectivity index (χ0) is 15.9. The Hall–Kier alpha value is -2.91. The largest absolute Gasteiger partial charge is 0.323 e. The zero-order valence-corrected chi connectivity index (χ0v) is 12.1. The number of hydrogen-bond acceptors (Lipinski definition) is 4. The number of amides is 2. The van der Waals surface area contributed by atoms with Crippen molar-refractivity contribution in [2.24, 2.45) is 0 Å². The Morgan fingerprint density at radius 2 is 1.82 bits per heavy atom. The van der Waals surface area contributed by atoms with Gasteiger partial charge in [-0.3, -0.25) is 9.59 Å². The second kappa shape index (κ2) is 7.20. The highest BCUT2D eigenvalue weighted by Crippen LogP contribution is 2.23. The molecule has 0 aliphatic carbocycles. The van der Waals surface area contributed by atoms with E-state index in [0.717, 1.165) is 0 Å². The highest BCUT2D eigenvalue weighted by atomic mass is 35.5. The molecular formula is C15H11ClN4O2. The van der Waals surface area contributed by atoms with Crippen molar-refractivity contribution in [3.63, 3.8) is 0 Å². The van der Waals surface area contributed by atoms with Gasteiger partial charge < -0.3 is 10.6 Å². The van der Waals surface area contributed by atoms with Gasteiger partial charge in [-0.15, -0.1) is 0 Å². The van der Waals surface area contributed by atoms with Gasteiger partial charge in [0, 0.05) is 6.20 Å². The molecule has 6 nitrogen and oxygen atoms in total. The fourth-order valence-electron chi connectivity index (χ4n) is 1.71. The lowest BCUT2D eigenvalue weighted by molar-refractivity contribution is -0.115. The minimum Gasteiger partial charge on any atom is -0.323 e. The molecule has 0 bridgehead atoms. The number of carbonyl (C=O) groups is 2. The summed E-state index contributed by atoms with van der Waals surface area (Å²) in [6.07, 6.45) is 1.21. The van der Waals surface area contributed by atoms with Crippen LogP contribution in [0.2, 0.25) is 5.15 Å². The van der Waals surface area contributed by atoms with E-state index in [-0.39, 0.29) is 17.1 Å². The van der Waals surface area contributed by atoms with Gasteiger partial charge in [0.05, 0.1) is 23.0 Å². The molecule has 1 aromatic heterocycles. The number of anilines is 2. The van der Waals surface area contributed by atoms with Crippen molar-refractivity contribution in [1.82, 2.24) is 4.98 Å². The molecule has 0 saturated heterocycles. The number of benzene rings is 1. The number of nitrogens with zero attached hydrogens (tertiary/aromatic N) is 2. The van der Waals surface area contributed by atoms with Crippen molar-refractivity contribution in [2.45, 2.75) is 6.42 Å². The Labute approximate surface area is 131 Å². The van der Waals surface area contributed by atoms with E-state index in [9.17, 15) is 9.59 Å². The maximum Gasteiger partial charge on any atom is 0.258 e. The first kappa shape index (κ1) is 15.5. The van der Waals surface area contributed by atoms with Crippen LogP contribution in [0.1, 0.15) is 16.8 Å². The molecule has 0 fully saturated rings. The van der Waals surface area contributed by atoms with Gasteiger partial charge >= 0.3 is 0 Å². The van der Waals surface area contributed by atoms with Crippen LogP contribution in [0.4, 0.5) is 11.4 Å². The molecule has 2 rings (SSSR count). The van der Waals surface area contributed by atoms with E-state index in [4.69, 9.17) is 16.9 Å². The molecule has 2 N–H and O–H groups in total. The molecule has 22 heavy (non-hydrogen) atoms. The van der Waals surface area contributed by atoms with Crippen LogP contribution in [-0.2, 0) is 4.79 Å². The summed E-state index contributed by atoms with van der Waals surface area (Å²) in [6, 6.07) is 11.6. The molecule has 1 aromatic carbocycles. The second-order valence-corrected chi connectivity index (χ2v) is 4.58. The Kier molecular flexibility index (Phi) is 5.07.